The second-order valence-electron chi connectivity index (χ2n) is 4.77. The smallest absolute Gasteiger partial charge is 0.308 e. The van der Waals surface area contributed by atoms with Crippen molar-refractivity contribution in [2.24, 2.45) is 0 Å². The molecule has 98 valence electrons. The molecule has 0 spiro atoms. The van der Waals surface area contributed by atoms with Crippen molar-refractivity contribution in [2.75, 3.05) is 10.6 Å². The molecule has 0 aliphatic heterocycles. The summed E-state index contributed by atoms with van der Waals surface area (Å²) in [6, 6.07) is 13.5. The van der Waals surface area contributed by atoms with Crippen molar-refractivity contribution in [3.05, 3.63) is 59.2 Å². The Morgan fingerprint density at radius 1 is 0.895 bits per heavy atom. The molecule has 0 radical (unpaired) electrons. The normalized spacial score (nSPS) is 10.1. The second kappa shape index (κ2) is 5.57. The number of anilines is 2. The summed E-state index contributed by atoms with van der Waals surface area (Å²) < 4.78 is 0. The molecule has 2 amide bonds. The van der Waals surface area contributed by atoms with Crippen LogP contribution >= 0.6 is 0 Å². The molecular formula is C16H18N2O. The van der Waals surface area contributed by atoms with Crippen molar-refractivity contribution in [1.29, 1.82) is 0 Å². The molecule has 0 fully saturated rings. The van der Waals surface area contributed by atoms with Gasteiger partial charge in [-0.2, -0.15) is 0 Å². The van der Waals surface area contributed by atoms with Gasteiger partial charge in [-0.3, -0.25) is 0 Å². The molecule has 2 aromatic rings. The molecule has 0 bridgehead atoms. The van der Waals surface area contributed by atoms with Crippen LogP contribution in [0.4, 0.5) is 16.2 Å². The standard InChI is InChI=1S/C16H18N2O/c1-11-5-4-6-14(9-11)17-16(19)18-15-10-12(2)7-8-13(15)3/h4-10H,1-3H3,(H2,17,18,19). The summed E-state index contributed by atoms with van der Waals surface area (Å²) in [6.45, 7) is 5.97. The van der Waals surface area contributed by atoms with E-state index in [0.717, 1.165) is 28.1 Å². The fraction of sp³-hybridized carbons (Fsp3) is 0.188. The number of hydrogen-bond donors (Lipinski definition) is 2. The molecule has 0 aliphatic carbocycles. The van der Waals surface area contributed by atoms with Crippen LogP contribution in [0.2, 0.25) is 0 Å². The number of amides is 2. The zero-order chi connectivity index (χ0) is 13.8. The van der Waals surface area contributed by atoms with Gasteiger partial charge in [-0.25, -0.2) is 4.79 Å². The summed E-state index contributed by atoms with van der Waals surface area (Å²) in [4.78, 5) is 11.9. The Hall–Kier alpha value is -2.29. The summed E-state index contributed by atoms with van der Waals surface area (Å²) >= 11 is 0. The Bertz CT molecular complexity index is 605. The Kier molecular flexibility index (Phi) is 3.85. The van der Waals surface area contributed by atoms with Crippen LogP contribution in [-0.2, 0) is 0 Å². The highest BCUT2D eigenvalue weighted by molar-refractivity contribution is 6.00. The zero-order valence-corrected chi connectivity index (χ0v) is 11.4. The van der Waals surface area contributed by atoms with E-state index in [1.807, 2.05) is 63.2 Å². The third-order valence-electron chi connectivity index (χ3n) is 2.92. The number of carbonyl (C=O) groups is 1. The predicted molar refractivity (Wildman–Crippen MR) is 79.7 cm³/mol. The minimum atomic E-state index is -0.223. The molecule has 0 heterocycles. The number of hydrogen-bond acceptors (Lipinski definition) is 1. The third kappa shape index (κ3) is 3.58. The van der Waals surface area contributed by atoms with Gasteiger partial charge < -0.3 is 10.6 Å². The van der Waals surface area contributed by atoms with E-state index in [9.17, 15) is 4.79 Å². The second-order valence-corrected chi connectivity index (χ2v) is 4.77. The van der Waals surface area contributed by atoms with Crippen molar-refractivity contribution < 1.29 is 4.79 Å². The lowest BCUT2D eigenvalue weighted by Crippen LogP contribution is -2.20. The van der Waals surface area contributed by atoms with Crippen LogP contribution in [0.15, 0.2) is 42.5 Å². The first kappa shape index (κ1) is 13.1. The largest absolute Gasteiger partial charge is 0.323 e. The zero-order valence-electron chi connectivity index (χ0n) is 11.4. The van der Waals surface area contributed by atoms with Crippen LogP contribution in [0, 0.1) is 20.8 Å². The van der Waals surface area contributed by atoms with Gasteiger partial charge in [0.15, 0.2) is 0 Å². The van der Waals surface area contributed by atoms with Crippen LogP contribution < -0.4 is 10.6 Å². The first-order chi connectivity index (χ1) is 9.04. The quantitative estimate of drug-likeness (QED) is 0.826. The summed E-state index contributed by atoms with van der Waals surface area (Å²) in [5, 5.41) is 5.70. The SMILES string of the molecule is Cc1cccc(NC(=O)Nc2cc(C)ccc2C)c1. The molecule has 0 saturated heterocycles. The monoisotopic (exact) mass is 254 g/mol. The average Bonchev–Trinajstić information content (AvgIpc) is 2.34. The van der Waals surface area contributed by atoms with Gasteiger partial charge in [0.1, 0.15) is 0 Å². The fourth-order valence-corrected chi connectivity index (χ4v) is 1.88. The number of urea groups is 1. The fourth-order valence-electron chi connectivity index (χ4n) is 1.88. The Morgan fingerprint density at radius 3 is 2.37 bits per heavy atom. The number of nitrogens with one attached hydrogen (secondary N) is 2. The van der Waals surface area contributed by atoms with Crippen LogP contribution in [0.5, 0.6) is 0 Å². The maximum absolute atomic E-state index is 11.9. The Morgan fingerprint density at radius 2 is 1.63 bits per heavy atom. The molecule has 2 aromatic carbocycles. The van der Waals surface area contributed by atoms with E-state index in [2.05, 4.69) is 10.6 Å². The van der Waals surface area contributed by atoms with Crippen LogP contribution in [0.25, 0.3) is 0 Å². The van der Waals surface area contributed by atoms with E-state index in [4.69, 9.17) is 0 Å². The molecular weight excluding hydrogens is 236 g/mol. The topological polar surface area (TPSA) is 41.1 Å². The number of carbonyl (C=O) groups excluding carboxylic acids is 1. The highest BCUT2D eigenvalue weighted by Crippen LogP contribution is 2.17. The summed E-state index contributed by atoms with van der Waals surface area (Å²) in [7, 11) is 0. The molecule has 2 N–H and O–H groups in total. The van der Waals surface area contributed by atoms with Crippen molar-refractivity contribution in [3.8, 4) is 0 Å². The average molecular weight is 254 g/mol. The van der Waals surface area contributed by atoms with Crippen molar-refractivity contribution in [2.45, 2.75) is 20.8 Å². The lowest BCUT2D eigenvalue weighted by molar-refractivity contribution is 0.262. The molecule has 3 heteroatoms. The van der Waals surface area contributed by atoms with Gasteiger partial charge in [0.2, 0.25) is 0 Å². The van der Waals surface area contributed by atoms with Gasteiger partial charge in [-0.1, -0.05) is 24.3 Å². The van der Waals surface area contributed by atoms with Gasteiger partial charge in [-0.15, -0.1) is 0 Å². The van der Waals surface area contributed by atoms with Gasteiger partial charge in [0.25, 0.3) is 0 Å². The molecule has 19 heavy (non-hydrogen) atoms. The Labute approximate surface area is 113 Å². The van der Waals surface area contributed by atoms with Gasteiger partial charge in [0, 0.05) is 11.4 Å². The first-order valence-corrected chi connectivity index (χ1v) is 6.26. The first-order valence-electron chi connectivity index (χ1n) is 6.26. The molecule has 0 unspecified atom stereocenters. The number of rotatable bonds is 2. The van der Waals surface area contributed by atoms with Gasteiger partial charge in [-0.05, 0) is 55.7 Å². The van der Waals surface area contributed by atoms with Gasteiger partial charge >= 0.3 is 6.03 Å². The molecule has 0 atom stereocenters. The van der Waals surface area contributed by atoms with Crippen LogP contribution in [0.3, 0.4) is 0 Å². The summed E-state index contributed by atoms with van der Waals surface area (Å²) in [5.74, 6) is 0. The van der Waals surface area contributed by atoms with Crippen LogP contribution in [-0.4, -0.2) is 6.03 Å². The minimum Gasteiger partial charge on any atom is -0.308 e. The van der Waals surface area contributed by atoms with Gasteiger partial charge in [0.05, 0.1) is 0 Å². The maximum Gasteiger partial charge on any atom is 0.323 e. The molecule has 0 saturated carbocycles. The third-order valence-corrected chi connectivity index (χ3v) is 2.92. The lowest BCUT2D eigenvalue weighted by Gasteiger charge is -2.11. The van der Waals surface area contributed by atoms with Crippen molar-refractivity contribution in [3.63, 3.8) is 0 Å². The van der Waals surface area contributed by atoms with E-state index in [1.54, 1.807) is 0 Å². The van der Waals surface area contributed by atoms with Crippen molar-refractivity contribution in [1.82, 2.24) is 0 Å². The number of benzene rings is 2. The minimum absolute atomic E-state index is 0.223. The van der Waals surface area contributed by atoms with E-state index in [-0.39, 0.29) is 6.03 Å². The summed E-state index contributed by atoms with van der Waals surface area (Å²) in [6.07, 6.45) is 0. The maximum atomic E-state index is 11.9. The highest BCUT2D eigenvalue weighted by Gasteiger charge is 2.05. The summed E-state index contributed by atoms with van der Waals surface area (Å²) in [5.41, 5.74) is 4.92. The molecule has 0 aromatic heterocycles. The molecule has 2 rings (SSSR count). The Balaban J connectivity index is 2.07. The van der Waals surface area contributed by atoms with E-state index in [1.165, 1.54) is 0 Å². The molecule has 0 aliphatic rings. The van der Waals surface area contributed by atoms with E-state index >= 15 is 0 Å². The predicted octanol–water partition coefficient (Wildman–Crippen LogP) is 4.26. The number of aryl methyl sites for hydroxylation is 3. The van der Waals surface area contributed by atoms with Crippen molar-refractivity contribution >= 4 is 17.4 Å². The van der Waals surface area contributed by atoms with E-state index in [0.29, 0.717) is 0 Å². The molecule has 3 nitrogen and oxygen atoms in total. The highest BCUT2D eigenvalue weighted by atomic mass is 16.2. The van der Waals surface area contributed by atoms with E-state index < -0.39 is 0 Å². The van der Waals surface area contributed by atoms with Crippen LogP contribution in [0.1, 0.15) is 16.7 Å². The lowest BCUT2D eigenvalue weighted by atomic mass is 10.1.